The summed E-state index contributed by atoms with van der Waals surface area (Å²) in [5, 5.41) is 6.19. The van der Waals surface area contributed by atoms with Gasteiger partial charge in [0.15, 0.2) is 0 Å². The SMILES string of the molecule is C=C1CCC(N2C(=O)C=C(Nc3cccc(CCC(=O)Cc4cccc(Cl)c4)c3)C2=O)C(=O)N1. The lowest BCUT2D eigenvalue weighted by Gasteiger charge is -2.29. The van der Waals surface area contributed by atoms with E-state index in [2.05, 4.69) is 17.2 Å². The molecule has 2 N–H and O–H groups in total. The average Bonchev–Trinajstić information content (AvgIpc) is 3.05. The number of ketones is 1. The first kappa shape index (κ1) is 23.4. The van der Waals surface area contributed by atoms with E-state index in [0.29, 0.717) is 48.5 Å². The Morgan fingerprint density at radius 1 is 1.12 bits per heavy atom. The molecular formula is C26H24ClN3O4. The zero-order valence-corrected chi connectivity index (χ0v) is 19.2. The van der Waals surface area contributed by atoms with E-state index < -0.39 is 23.8 Å². The molecule has 4 rings (SSSR count). The topological polar surface area (TPSA) is 95.6 Å². The van der Waals surface area contributed by atoms with Gasteiger partial charge in [0, 0.05) is 35.3 Å². The highest BCUT2D eigenvalue weighted by Crippen LogP contribution is 2.24. The minimum atomic E-state index is -0.849. The zero-order valence-electron chi connectivity index (χ0n) is 18.5. The van der Waals surface area contributed by atoms with Crippen LogP contribution in [0.15, 0.2) is 72.6 Å². The lowest BCUT2D eigenvalue weighted by Crippen LogP contribution is -2.52. The molecule has 2 aliphatic heterocycles. The van der Waals surface area contributed by atoms with Gasteiger partial charge in [-0.2, -0.15) is 0 Å². The fourth-order valence-corrected chi connectivity index (χ4v) is 4.30. The first-order valence-corrected chi connectivity index (χ1v) is 11.4. The molecule has 1 fully saturated rings. The van der Waals surface area contributed by atoms with E-state index in [4.69, 9.17) is 11.6 Å². The van der Waals surface area contributed by atoms with Gasteiger partial charge in [-0.3, -0.25) is 24.1 Å². The Morgan fingerprint density at radius 3 is 2.65 bits per heavy atom. The molecule has 0 aromatic heterocycles. The first-order chi connectivity index (χ1) is 16.3. The number of Topliss-reactive ketones (excluding diaryl/α,β-unsaturated/α-hetero) is 1. The average molecular weight is 478 g/mol. The van der Waals surface area contributed by atoms with Crippen LogP contribution in [0.3, 0.4) is 0 Å². The van der Waals surface area contributed by atoms with Gasteiger partial charge in [-0.1, -0.05) is 42.4 Å². The smallest absolute Gasteiger partial charge is 0.278 e. The van der Waals surface area contributed by atoms with Gasteiger partial charge < -0.3 is 10.6 Å². The van der Waals surface area contributed by atoms with Crippen molar-refractivity contribution in [3.05, 3.63) is 88.7 Å². The number of benzene rings is 2. The molecule has 0 saturated carbocycles. The Hall–Kier alpha value is -3.71. The molecule has 1 unspecified atom stereocenters. The molecule has 7 nitrogen and oxygen atoms in total. The number of halogens is 1. The second-order valence-corrected chi connectivity index (χ2v) is 8.83. The summed E-state index contributed by atoms with van der Waals surface area (Å²) in [5.74, 6) is -1.37. The number of aryl methyl sites for hydroxylation is 1. The number of amides is 3. The monoisotopic (exact) mass is 477 g/mol. The molecule has 0 aliphatic carbocycles. The lowest BCUT2D eigenvalue weighted by atomic mass is 10.0. The summed E-state index contributed by atoms with van der Waals surface area (Å²) in [6, 6.07) is 13.7. The highest BCUT2D eigenvalue weighted by Gasteiger charge is 2.41. The van der Waals surface area contributed by atoms with Gasteiger partial charge in [-0.05, 0) is 54.7 Å². The normalized spacial score (nSPS) is 18.1. The maximum atomic E-state index is 12.9. The van der Waals surface area contributed by atoms with Gasteiger partial charge in [-0.25, -0.2) is 0 Å². The Kier molecular flexibility index (Phi) is 6.93. The molecule has 1 atom stereocenters. The van der Waals surface area contributed by atoms with Crippen molar-refractivity contribution in [1.82, 2.24) is 10.2 Å². The molecule has 2 heterocycles. The van der Waals surface area contributed by atoms with Crippen LogP contribution in [-0.2, 0) is 32.0 Å². The van der Waals surface area contributed by atoms with Crippen LogP contribution in [0.2, 0.25) is 5.02 Å². The largest absolute Gasteiger partial charge is 0.351 e. The predicted octanol–water partition coefficient (Wildman–Crippen LogP) is 3.54. The summed E-state index contributed by atoms with van der Waals surface area (Å²) < 4.78 is 0. The molecule has 174 valence electrons. The third kappa shape index (κ3) is 5.43. The van der Waals surface area contributed by atoms with E-state index >= 15 is 0 Å². The van der Waals surface area contributed by atoms with Crippen LogP contribution in [0.1, 0.15) is 30.4 Å². The molecule has 2 aliphatic rings. The van der Waals surface area contributed by atoms with Crippen LogP contribution in [0.4, 0.5) is 5.69 Å². The molecule has 34 heavy (non-hydrogen) atoms. The van der Waals surface area contributed by atoms with Crippen LogP contribution in [0.25, 0.3) is 0 Å². The van der Waals surface area contributed by atoms with Crippen LogP contribution in [0, 0.1) is 0 Å². The fraction of sp³-hybridized carbons (Fsp3) is 0.231. The summed E-state index contributed by atoms with van der Waals surface area (Å²) in [4.78, 5) is 51.0. The molecule has 8 heteroatoms. The second-order valence-electron chi connectivity index (χ2n) is 8.39. The molecule has 2 aromatic rings. The van der Waals surface area contributed by atoms with Crippen LogP contribution in [-0.4, -0.2) is 34.4 Å². The van der Waals surface area contributed by atoms with E-state index in [1.165, 1.54) is 6.08 Å². The fourth-order valence-electron chi connectivity index (χ4n) is 4.08. The molecule has 0 radical (unpaired) electrons. The number of nitrogens with zero attached hydrogens (tertiary/aromatic N) is 1. The van der Waals surface area contributed by atoms with Crippen molar-refractivity contribution in [2.45, 2.75) is 38.1 Å². The van der Waals surface area contributed by atoms with Gasteiger partial charge in [0.05, 0.1) is 0 Å². The van der Waals surface area contributed by atoms with Gasteiger partial charge in [0.2, 0.25) is 5.91 Å². The van der Waals surface area contributed by atoms with Crippen molar-refractivity contribution in [2.75, 3.05) is 5.32 Å². The number of rotatable bonds is 8. The Bertz CT molecular complexity index is 1220. The number of carbonyl (C=O) groups excluding carboxylic acids is 4. The highest BCUT2D eigenvalue weighted by atomic mass is 35.5. The summed E-state index contributed by atoms with van der Waals surface area (Å²) in [7, 11) is 0. The number of piperidine rings is 1. The standard InChI is InChI=1S/C26H24ClN3O4/c1-16-8-11-23(25(33)28-16)30-24(32)15-22(26(30)34)29-20-7-3-4-17(13-20)9-10-21(31)14-18-5-2-6-19(27)12-18/h2-7,12-13,15,23,29H,1,8-11,14H2,(H,28,33). The van der Waals surface area contributed by atoms with E-state index in [1.807, 2.05) is 30.3 Å². The third-order valence-electron chi connectivity index (χ3n) is 5.78. The molecule has 0 spiro atoms. The first-order valence-electron chi connectivity index (χ1n) is 11.0. The van der Waals surface area contributed by atoms with Crippen molar-refractivity contribution in [3.63, 3.8) is 0 Å². The van der Waals surface area contributed by atoms with Crippen LogP contribution < -0.4 is 10.6 Å². The maximum Gasteiger partial charge on any atom is 0.278 e. The minimum Gasteiger partial charge on any atom is -0.351 e. The highest BCUT2D eigenvalue weighted by molar-refractivity contribution is 6.30. The summed E-state index contributed by atoms with van der Waals surface area (Å²) in [6.45, 7) is 3.72. The predicted molar refractivity (Wildman–Crippen MR) is 129 cm³/mol. The summed E-state index contributed by atoms with van der Waals surface area (Å²) in [6.07, 6.45) is 3.29. The lowest BCUT2D eigenvalue weighted by molar-refractivity contribution is -0.146. The van der Waals surface area contributed by atoms with Gasteiger partial charge in [0.25, 0.3) is 11.8 Å². The number of imide groups is 1. The number of carbonyl (C=O) groups is 4. The molecule has 2 aromatic carbocycles. The molecule has 0 bridgehead atoms. The molecule has 3 amide bonds. The van der Waals surface area contributed by atoms with Crippen molar-refractivity contribution >= 4 is 40.8 Å². The zero-order chi connectivity index (χ0) is 24.2. The van der Waals surface area contributed by atoms with E-state index in [-0.39, 0.29) is 11.5 Å². The number of nitrogens with one attached hydrogen (secondary N) is 2. The summed E-state index contributed by atoms with van der Waals surface area (Å²) in [5.41, 5.74) is 3.11. The van der Waals surface area contributed by atoms with E-state index in [9.17, 15) is 19.2 Å². The maximum absolute atomic E-state index is 12.9. The van der Waals surface area contributed by atoms with Crippen molar-refractivity contribution in [2.24, 2.45) is 0 Å². The second kappa shape index (κ2) is 10.1. The minimum absolute atomic E-state index is 0.101. The number of allylic oxidation sites excluding steroid dienone is 1. The molecular weight excluding hydrogens is 454 g/mol. The number of hydrogen-bond acceptors (Lipinski definition) is 5. The number of anilines is 1. The van der Waals surface area contributed by atoms with Crippen LogP contribution >= 0.6 is 11.6 Å². The Labute approximate surface area is 202 Å². The van der Waals surface area contributed by atoms with E-state index in [1.54, 1.807) is 18.2 Å². The summed E-state index contributed by atoms with van der Waals surface area (Å²) >= 11 is 5.98. The van der Waals surface area contributed by atoms with Crippen molar-refractivity contribution in [1.29, 1.82) is 0 Å². The quantitative estimate of drug-likeness (QED) is 0.567. The van der Waals surface area contributed by atoms with Gasteiger partial charge in [-0.15, -0.1) is 0 Å². The number of hydrogen-bond donors (Lipinski definition) is 2. The Balaban J connectivity index is 1.36. The van der Waals surface area contributed by atoms with E-state index in [0.717, 1.165) is 16.0 Å². The van der Waals surface area contributed by atoms with Gasteiger partial charge >= 0.3 is 0 Å². The van der Waals surface area contributed by atoms with Gasteiger partial charge in [0.1, 0.15) is 17.5 Å². The Morgan fingerprint density at radius 2 is 1.88 bits per heavy atom. The molecule has 1 saturated heterocycles. The van der Waals surface area contributed by atoms with Crippen molar-refractivity contribution < 1.29 is 19.2 Å². The van der Waals surface area contributed by atoms with Crippen molar-refractivity contribution in [3.8, 4) is 0 Å². The van der Waals surface area contributed by atoms with Crippen LogP contribution in [0.5, 0.6) is 0 Å². The third-order valence-corrected chi connectivity index (χ3v) is 6.01.